The summed E-state index contributed by atoms with van der Waals surface area (Å²) in [5.74, 6) is 0.178. The highest BCUT2D eigenvalue weighted by Gasteiger charge is 2.09. The lowest BCUT2D eigenvalue weighted by molar-refractivity contribution is -0.117. The van der Waals surface area contributed by atoms with Crippen LogP contribution in [0, 0.1) is 6.92 Å². The second-order valence-electron chi connectivity index (χ2n) is 4.12. The van der Waals surface area contributed by atoms with Gasteiger partial charge in [0.1, 0.15) is 0 Å². The van der Waals surface area contributed by atoms with Gasteiger partial charge in [0.15, 0.2) is 0 Å². The minimum absolute atomic E-state index is 0.154. The van der Waals surface area contributed by atoms with Crippen molar-refractivity contribution in [2.45, 2.75) is 13.0 Å². The Morgan fingerprint density at radius 1 is 1.45 bits per heavy atom. The van der Waals surface area contributed by atoms with Gasteiger partial charge in [0.25, 0.3) is 5.56 Å². The number of nitrogens with one attached hydrogen (secondary N) is 3. The molecule has 0 aliphatic carbocycles. The zero-order chi connectivity index (χ0) is 15.1. The molecule has 20 heavy (non-hydrogen) atoms. The van der Waals surface area contributed by atoms with Gasteiger partial charge in [0.05, 0.1) is 18.2 Å². The molecule has 0 fully saturated rings. The zero-order valence-corrected chi connectivity index (χ0v) is 12.0. The third kappa shape index (κ3) is 4.71. The summed E-state index contributed by atoms with van der Waals surface area (Å²) in [6.45, 7) is 1.41. The van der Waals surface area contributed by atoms with E-state index >= 15 is 0 Å². The average molecular weight is 299 g/mol. The van der Waals surface area contributed by atoms with Crippen molar-refractivity contribution >= 4 is 23.7 Å². The number of carbonyl (C=O) groups excluding carboxylic acids is 1. The van der Waals surface area contributed by atoms with Crippen LogP contribution in [-0.2, 0) is 4.79 Å². The Morgan fingerprint density at radius 2 is 2.15 bits per heavy atom. The van der Waals surface area contributed by atoms with Crippen LogP contribution < -0.4 is 16.6 Å². The van der Waals surface area contributed by atoms with Crippen LogP contribution in [0.1, 0.15) is 11.3 Å². The molecule has 0 aromatic carbocycles. The summed E-state index contributed by atoms with van der Waals surface area (Å²) in [6, 6.07) is -0.336. The van der Waals surface area contributed by atoms with E-state index in [0.29, 0.717) is 11.4 Å². The van der Waals surface area contributed by atoms with E-state index in [4.69, 9.17) is 5.11 Å². The summed E-state index contributed by atoms with van der Waals surface area (Å²) in [5, 5.41) is 11.7. The van der Waals surface area contributed by atoms with Crippen LogP contribution in [0.25, 0.3) is 6.08 Å². The molecule has 1 atom stereocenters. The molecule has 1 aromatic heterocycles. The highest BCUT2D eigenvalue weighted by Crippen LogP contribution is 1.99. The van der Waals surface area contributed by atoms with Gasteiger partial charge in [-0.05, 0) is 19.3 Å². The number of H-pyrrole nitrogens is 2. The second kappa shape index (κ2) is 7.71. The van der Waals surface area contributed by atoms with Crippen molar-refractivity contribution in [2.75, 3.05) is 18.6 Å². The van der Waals surface area contributed by atoms with E-state index in [0.717, 1.165) is 0 Å². The van der Waals surface area contributed by atoms with Crippen LogP contribution in [0.3, 0.4) is 0 Å². The summed E-state index contributed by atoms with van der Waals surface area (Å²) < 4.78 is 0. The molecule has 0 saturated carbocycles. The summed E-state index contributed by atoms with van der Waals surface area (Å²) in [7, 11) is 0. The number of aliphatic hydroxyl groups excluding tert-OH is 1. The Kier molecular flexibility index (Phi) is 6.26. The van der Waals surface area contributed by atoms with E-state index in [1.165, 1.54) is 23.9 Å². The van der Waals surface area contributed by atoms with E-state index in [1.807, 2.05) is 6.26 Å². The Hall–Kier alpha value is -1.80. The lowest BCUT2D eigenvalue weighted by atomic mass is 10.2. The van der Waals surface area contributed by atoms with Crippen LogP contribution in [0.2, 0.25) is 0 Å². The van der Waals surface area contributed by atoms with Crippen molar-refractivity contribution in [2.24, 2.45) is 0 Å². The second-order valence-corrected chi connectivity index (χ2v) is 5.03. The van der Waals surface area contributed by atoms with Crippen molar-refractivity contribution in [1.82, 2.24) is 15.3 Å². The number of amides is 1. The summed E-state index contributed by atoms with van der Waals surface area (Å²) in [5.41, 5.74) is -0.552. The van der Waals surface area contributed by atoms with Gasteiger partial charge in [0, 0.05) is 17.5 Å². The van der Waals surface area contributed by atoms with Gasteiger partial charge >= 0.3 is 5.69 Å². The molecule has 0 saturated heterocycles. The maximum absolute atomic E-state index is 11.6. The molecule has 8 heteroatoms. The maximum atomic E-state index is 11.6. The smallest absolute Gasteiger partial charge is 0.325 e. The normalized spacial score (nSPS) is 12.6. The van der Waals surface area contributed by atoms with Crippen molar-refractivity contribution in [3.63, 3.8) is 0 Å². The van der Waals surface area contributed by atoms with E-state index in [1.54, 1.807) is 6.92 Å². The maximum Gasteiger partial charge on any atom is 0.325 e. The highest BCUT2D eigenvalue weighted by atomic mass is 32.2. The minimum Gasteiger partial charge on any atom is -0.394 e. The fourth-order valence-corrected chi connectivity index (χ4v) is 2.15. The first-order valence-corrected chi connectivity index (χ1v) is 7.29. The first kappa shape index (κ1) is 16.3. The van der Waals surface area contributed by atoms with Crippen LogP contribution in [0.4, 0.5) is 0 Å². The molecule has 1 heterocycles. The van der Waals surface area contributed by atoms with Gasteiger partial charge in [-0.15, -0.1) is 0 Å². The molecular weight excluding hydrogens is 282 g/mol. The van der Waals surface area contributed by atoms with E-state index in [2.05, 4.69) is 15.3 Å². The molecule has 4 N–H and O–H groups in total. The predicted molar refractivity (Wildman–Crippen MR) is 78.9 cm³/mol. The Balaban J connectivity index is 2.80. The topological polar surface area (TPSA) is 115 Å². The monoisotopic (exact) mass is 299 g/mol. The van der Waals surface area contributed by atoms with Gasteiger partial charge in [-0.2, -0.15) is 11.8 Å². The van der Waals surface area contributed by atoms with Gasteiger partial charge in [-0.3, -0.25) is 14.6 Å². The molecule has 7 nitrogen and oxygen atoms in total. The number of aliphatic hydroxyl groups is 1. The molecule has 1 aromatic rings. The standard InChI is InChI=1S/C12H17N3O4S/c1-7-9(11(18)15-12(19)13-7)3-4-10(17)14-8(5-16)6-20-2/h3-4,8,16H,5-6H2,1-2H3,(H,14,17)(H2,13,15,18,19)/b4-3+. The molecule has 110 valence electrons. The fourth-order valence-electron chi connectivity index (χ4n) is 1.56. The summed E-state index contributed by atoms with van der Waals surface area (Å²) in [4.78, 5) is 38.7. The first-order valence-electron chi connectivity index (χ1n) is 5.89. The molecule has 0 spiro atoms. The molecule has 0 aliphatic heterocycles. The summed E-state index contributed by atoms with van der Waals surface area (Å²) >= 11 is 1.50. The van der Waals surface area contributed by atoms with Gasteiger partial charge < -0.3 is 15.4 Å². The number of thioether (sulfide) groups is 1. The highest BCUT2D eigenvalue weighted by molar-refractivity contribution is 7.98. The number of aromatic amines is 2. The minimum atomic E-state index is -0.589. The molecule has 1 amide bonds. The third-order valence-electron chi connectivity index (χ3n) is 2.51. The van der Waals surface area contributed by atoms with Crippen molar-refractivity contribution in [3.05, 3.63) is 38.2 Å². The average Bonchev–Trinajstić information content (AvgIpc) is 2.36. The SMILES string of the molecule is CSCC(CO)NC(=O)/C=C/c1c(C)[nH]c(=O)[nH]c1=O. The van der Waals surface area contributed by atoms with Gasteiger partial charge in [0.2, 0.25) is 5.91 Å². The van der Waals surface area contributed by atoms with E-state index in [9.17, 15) is 14.4 Å². The zero-order valence-electron chi connectivity index (χ0n) is 11.2. The quantitative estimate of drug-likeness (QED) is 0.515. The molecule has 0 radical (unpaired) electrons. The summed E-state index contributed by atoms with van der Waals surface area (Å²) in [6.07, 6.45) is 4.39. The number of carbonyl (C=O) groups is 1. The molecular formula is C12H17N3O4S. The Morgan fingerprint density at radius 3 is 2.70 bits per heavy atom. The van der Waals surface area contributed by atoms with Crippen LogP contribution >= 0.6 is 11.8 Å². The van der Waals surface area contributed by atoms with Crippen molar-refractivity contribution < 1.29 is 9.90 Å². The van der Waals surface area contributed by atoms with Crippen molar-refractivity contribution in [3.8, 4) is 0 Å². The lowest BCUT2D eigenvalue weighted by Crippen LogP contribution is -2.38. The molecule has 1 unspecified atom stereocenters. The first-order chi connectivity index (χ1) is 9.47. The third-order valence-corrected chi connectivity index (χ3v) is 3.25. The van der Waals surface area contributed by atoms with Crippen molar-refractivity contribution in [1.29, 1.82) is 0 Å². The number of hydrogen-bond acceptors (Lipinski definition) is 5. The number of rotatable bonds is 6. The Bertz CT molecular complexity index is 605. The number of aromatic nitrogens is 2. The lowest BCUT2D eigenvalue weighted by Gasteiger charge is -2.13. The largest absolute Gasteiger partial charge is 0.394 e. The fraction of sp³-hybridized carbons (Fsp3) is 0.417. The number of aryl methyl sites for hydroxylation is 1. The molecule has 1 rings (SSSR count). The van der Waals surface area contributed by atoms with Gasteiger partial charge in [-0.25, -0.2) is 4.79 Å². The van der Waals surface area contributed by atoms with E-state index < -0.39 is 17.2 Å². The van der Waals surface area contributed by atoms with Crippen LogP contribution in [-0.4, -0.2) is 45.6 Å². The Labute approximate surface area is 119 Å². The van der Waals surface area contributed by atoms with Crippen LogP contribution in [0.15, 0.2) is 15.7 Å². The number of hydrogen-bond donors (Lipinski definition) is 4. The molecule has 0 aliphatic rings. The predicted octanol–water partition coefficient (Wildman–Crippen LogP) is -0.775. The molecule has 0 bridgehead atoms. The van der Waals surface area contributed by atoms with Gasteiger partial charge in [-0.1, -0.05) is 0 Å². The van der Waals surface area contributed by atoms with Crippen LogP contribution in [0.5, 0.6) is 0 Å². The van der Waals surface area contributed by atoms with E-state index in [-0.39, 0.29) is 18.2 Å².